The van der Waals surface area contributed by atoms with Crippen LogP contribution in [0.4, 0.5) is 5.95 Å². The van der Waals surface area contributed by atoms with Gasteiger partial charge in [0.1, 0.15) is 12.2 Å². The number of carboxylic acids is 1. The van der Waals surface area contributed by atoms with Crippen LogP contribution in [0.3, 0.4) is 0 Å². The lowest BCUT2D eigenvalue weighted by atomic mass is 9.73. The molecule has 37 heavy (non-hydrogen) atoms. The summed E-state index contributed by atoms with van der Waals surface area (Å²) in [5, 5.41) is 24.6. The lowest BCUT2D eigenvalue weighted by Gasteiger charge is -2.47. The Balaban J connectivity index is 1.43. The molecule has 3 aliphatic rings. The normalized spacial score (nSPS) is 27.7. The number of hydrogen-bond acceptors (Lipinski definition) is 10. The van der Waals surface area contributed by atoms with Crippen LogP contribution >= 0.6 is 11.8 Å². The Hall–Kier alpha value is -3.00. The summed E-state index contributed by atoms with van der Waals surface area (Å²) in [5.41, 5.74) is 0.0361. The summed E-state index contributed by atoms with van der Waals surface area (Å²) < 4.78 is 1.42. The summed E-state index contributed by atoms with van der Waals surface area (Å²) in [6.45, 7) is 4.38. The molecular formula is C23H34N8O5S. The fourth-order valence-corrected chi connectivity index (χ4v) is 7.06. The van der Waals surface area contributed by atoms with Crippen molar-refractivity contribution in [3.8, 4) is 0 Å². The van der Waals surface area contributed by atoms with Gasteiger partial charge in [0.2, 0.25) is 17.8 Å². The quantitative estimate of drug-likeness (QED) is 0.379. The number of tetrazole rings is 1. The Labute approximate surface area is 219 Å². The van der Waals surface area contributed by atoms with Crippen LogP contribution in [0.5, 0.6) is 0 Å². The van der Waals surface area contributed by atoms with Gasteiger partial charge in [-0.1, -0.05) is 18.9 Å². The molecule has 2 fully saturated rings. The molecule has 0 radical (unpaired) electrons. The summed E-state index contributed by atoms with van der Waals surface area (Å²) >= 11 is 1.45. The van der Waals surface area contributed by atoms with E-state index in [2.05, 4.69) is 20.8 Å². The highest BCUT2D eigenvalue weighted by atomic mass is 32.2. The zero-order valence-corrected chi connectivity index (χ0v) is 22.7. The SMILES string of the molecule is C[C@@H](CC(=O)Cn1nnnc1N(C)C)[C@H]1C(=O)N2C(C(=O)O)=C(S[C@@H]3CN[C@H](C(=O)N(C)C)C3)[C@H](C)[C@H]12. The number of carboxylic acid groups (broad SMARTS) is 1. The number of anilines is 1. The number of carbonyl (C=O) groups excluding carboxylic acids is 3. The van der Waals surface area contributed by atoms with Crippen LogP contribution in [-0.4, -0.2) is 111 Å². The number of nitrogens with zero attached hydrogens (tertiary/aromatic N) is 7. The van der Waals surface area contributed by atoms with Crippen LogP contribution in [0.25, 0.3) is 0 Å². The monoisotopic (exact) mass is 534 g/mol. The summed E-state index contributed by atoms with van der Waals surface area (Å²) in [6, 6.07) is -0.605. The number of amides is 2. The van der Waals surface area contributed by atoms with Gasteiger partial charge in [0, 0.05) is 57.2 Å². The van der Waals surface area contributed by atoms with E-state index in [9.17, 15) is 24.3 Å². The molecule has 6 atom stereocenters. The first-order chi connectivity index (χ1) is 17.4. The molecule has 0 bridgehead atoms. The van der Waals surface area contributed by atoms with Gasteiger partial charge in [-0.3, -0.25) is 14.4 Å². The van der Waals surface area contributed by atoms with Gasteiger partial charge in [0.05, 0.1) is 18.0 Å². The third-order valence-electron chi connectivity index (χ3n) is 7.32. The average Bonchev–Trinajstić information content (AvgIpc) is 3.52. The van der Waals surface area contributed by atoms with Crippen molar-refractivity contribution in [3.05, 3.63) is 10.6 Å². The highest BCUT2D eigenvalue weighted by Crippen LogP contribution is 2.53. The topological polar surface area (TPSA) is 154 Å². The predicted molar refractivity (Wildman–Crippen MR) is 135 cm³/mol. The van der Waals surface area contributed by atoms with E-state index in [1.807, 2.05) is 13.8 Å². The maximum atomic E-state index is 13.2. The second-order valence-electron chi connectivity index (χ2n) is 10.5. The number of aromatic nitrogens is 4. The van der Waals surface area contributed by atoms with E-state index in [0.29, 0.717) is 23.8 Å². The zero-order valence-electron chi connectivity index (χ0n) is 21.9. The van der Waals surface area contributed by atoms with Gasteiger partial charge in [0.25, 0.3) is 0 Å². The van der Waals surface area contributed by atoms with Gasteiger partial charge in [-0.25, -0.2) is 9.48 Å². The standard InChI is InChI=1S/C23H34N8O5S/c1-11(7-13(32)10-30-23(29(5)6)25-26-27-30)16-17-12(2)19(18(22(35)36)31(17)21(16)34)37-14-8-15(24-9-14)20(33)28(3)4/h11-12,14-17,24H,7-10H2,1-6H3,(H,35,36)/t11-,12+,14-,15-,16+,17+/m0/s1. The molecule has 13 nitrogen and oxygen atoms in total. The molecule has 4 rings (SSSR count). The molecule has 3 aliphatic heterocycles. The minimum Gasteiger partial charge on any atom is -0.477 e. The van der Waals surface area contributed by atoms with Crippen LogP contribution in [0, 0.1) is 17.8 Å². The molecule has 2 N–H and O–H groups in total. The Bertz CT molecular complexity index is 1130. The Morgan fingerprint density at radius 3 is 2.57 bits per heavy atom. The van der Waals surface area contributed by atoms with Crippen molar-refractivity contribution in [2.24, 2.45) is 17.8 Å². The highest BCUT2D eigenvalue weighted by Gasteiger charge is 2.60. The molecule has 202 valence electrons. The second-order valence-corrected chi connectivity index (χ2v) is 11.8. The first-order valence-electron chi connectivity index (χ1n) is 12.3. The highest BCUT2D eigenvalue weighted by molar-refractivity contribution is 8.03. The van der Waals surface area contributed by atoms with Crippen LogP contribution in [-0.2, 0) is 25.7 Å². The molecule has 2 amide bonds. The van der Waals surface area contributed by atoms with E-state index in [4.69, 9.17) is 0 Å². The second kappa shape index (κ2) is 10.4. The molecule has 0 spiro atoms. The lowest BCUT2D eigenvalue weighted by Crippen LogP contribution is -2.62. The largest absolute Gasteiger partial charge is 0.477 e. The van der Waals surface area contributed by atoms with Gasteiger partial charge in [-0.2, -0.15) is 0 Å². The molecule has 2 saturated heterocycles. The van der Waals surface area contributed by atoms with Gasteiger partial charge in [-0.15, -0.1) is 11.8 Å². The molecular weight excluding hydrogens is 500 g/mol. The summed E-state index contributed by atoms with van der Waals surface area (Å²) in [4.78, 5) is 55.9. The molecule has 1 aromatic rings. The third kappa shape index (κ3) is 4.96. The molecule has 1 aromatic heterocycles. The number of Topliss-reactive ketones (excluding diaryl/α,β-unsaturated/α-hetero) is 1. The van der Waals surface area contributed by atoms with Crippen molar-refractivity contribution in [1.82, 2.24) is 35.3 Å². The lowest BCUT2D eigenvalue weighted by molar-refractivity contribution is -0.160. The van der Waals surface area contributed by atoms with Crippen LogP contribution in [0.1, 0.15) is 26.7 Å². The van der Waals surface area contributed by atoms with Crippen LogP contribution < -0.4 is 10.2 Å². The van der Waals surface area contributed by atoms with Crippen molar-refractivity contribution in [2.45, 2.75) is 50.6 Å². The van der Waals surface area contributed by atoms with E-state index in [1.54, 1.807) is 38.0 Å². The van der Waals surface area contributed by atoms with E-state index in [1.165, 1.54) is 21.3 Å². The number of fused-ring (bicyclic) bond motifs is 1. The number of thioether (sulfide) groups is 1. The van der Waals surface area contributed by atoms with Crippen LogP contribution in [0.15, 0.2) is 10.6 Å². The minimum atomic E-state index is -1.13. The number of β-lactam (4-membered cyclic amide) rings is 1. The maximum absolute atomic E-state index is 13.2. The molecule has 0 saturated carbocycles. The van der Waals surface area contributed by atoms with Gasteiger partial charge < -0.3 is 25.1 Å². The first-order valence-corrected chi connectivity index (χ1v) is 13.2. The molecule has 0 aromatic carbocycles. The van der Waals surface area contributed by atoms with Gasteiger partial charge >= 0.3 is 5.97 Å². The molecule has 4 heterocycles. The Morgan fingerprint density at radius 2 is 1.95 bits per heavy atom. The number of likely N-dealkylation sites (N-methyl/N-ethyl adjacent to an activating group) is 1. The first kappa shape index (κ1) is 27.0. The van der Waals surface area contributed by atoms with E-state index < -0.39 is 11.9 Å². The van der Waals surface area contributed by atoms with E-state index >= 15 is 0 Å². The number of hydrogen-bond donors (Lipinski definition) is 2. The zero-order chi connectivity index (χ0) is 27.2. The minimum absolute atomic E-state index is 0.00303. The Kier molecular flexibility index (Phi) is 7.60. The summed E-state index contributed by atoms with van der Waals surface area (Å²) in [7, 11) is 6.98. The summed E-state index contributed by atoms with van der Waals surface area (Å²) in [6.07, 6.45) is 0.746. The maximum Gasteiger partial charge on any atom is 0.353 e. The van der Waals surface area contributed by atoms with Crippen LogP contribution in [0.2, 0.25) is 0 Å². The number of aliphatic carboxylic acids is 1. The molecule has 0 aliphatic carbocycles. The third-order valence-corrected chi connectivity index (χ3v) is 8.83. The van der Waals surface area contributed by atoms with Crippen molar-refractivity contribution < 1.29 is 24.3 Å². The number of ketones is 1. The number of carbonyl (C=O) groups is 4. The fraction of sp³-hybridized carbons (Fsp3) is 0.696. The van der Waals surface area contributed by atoms with E-state index in [-0.39, 0.29) is 65.4 Å². The number of nitrogens with one attached hydrogen (secondary N) is 1. The predicted octanol–water partition coefficient (Wildman–Crippen LogP) is -0.341. The van der Waals surface area contributed by atoms with Crippen molar-refractivity contribution >= 4 is 41.3 Å². The average molecular weight is 535 g/mol. The Morgan fingerprint density at radius 1 is 1.24 bits per heavy atom. The van der Waals surface area contributed by atoms with Crippen molar-refractivity contribution in [1.29, 1.82) is 0 Å². The van der Waals surface area contributed by atoms with Crippen molar-refractivity contribution in [3.63, 3.8) is 0 Å². The molecule has 14 heteroatoms. The fourth-order valence-electron chi connectivity index (χ4n) is 5.58. The van der Waals surface area contributed by atoms with Gasteiger partial charge in [0.15, 0.2) is 5.78 Å². The number of rotatable bonds is 10. The van der Waals surface area contributed by atoms with E-state index in [0.717, 1.165) is 0 Å². The summed E-state index contributed by atoms with van der Waals surface area (Å²) in [5.74, 6) is -1.93. The smallest absolute Gasteiger partial charge is 0.353 e. The molecule has 0 unspecified atom stereocenters. The van der Waals surface area contributed by atoms with Crippen molar-refractivity contribution in [2.75, 3.05) is 39.6 Å². The van der Waals surface area contributed by atoms with Gasteiger partial charge in [-0.05, 0) is 22.8 Å².